The van der Waals surface area contributed by atoms with Crippen LogP contribution in [0.25, 0.3) is 0 Å². The van der Waals surface area contributed by atoms with Crippen LogP contribution in [-0.2, 0) is 15.7 Å². The van der Waals surface area contributed by atoms with Gasteiger partial charge in [0.05, 0.1) is 9.92 Å². The van der Waals surface area contributed by atoms with Gasteiger partial charge >= 0.3 is 0 Å². The molecule has 2 aromatic rings. The van der Waals surface area contributed by atoms with Crippen molar-refractivity contribution in [2.45, 2.75) is 18.4 Å². The van der Waals surface area contributed by atoms with Crippen LogP contribution in [-0.4, -0.2) is 18.6 Å². The molecule has 0 saturated heterocycles. The number of aromatic nitrogens is 2. The van der Waals surface area contributed by atoms with Gasteiger partial charge in [-0.25, -0.2) is 8.42 Å². The minimum atomic E-state index is -3.81. The summed E-state index contributed by atoms with van der Waals surface area (Å²) in [7, 11) is 1.38. The van der Waals surface area contributed by atoms with Gasteiger partial charge < -0.3 is 9.15 Å². The van der Waals surface area contributed by atoms with E-state index >= 15 is 0 Å². The SMILES string of the molecule is Cc1nnc(COc2ccc(S(=O)(=O)Cl)cc2Cl)o1. The highest BCUT2D eigenvalue weighted by Gasteiger charge is 2.13. The molecule has 0 atom stereocenters. The number of hydrogen-bond donors (Lipinski definition) is 0. The summed E-state index contributed by atoms with van der Waals surface area (Å²) >= 11 is 5.89. The molecule has 0 aliphatic heterocycles. The largest absolute Gasteiger partial charge is 0.482 e. The molecule has 1 heterocycles. The normalized spacial score (nSPS) is 11.5. The van der Waals surface area contributed by atoms with Crippen LogP contribution in [0.5, 0.6) is 5.75 Å². The fourth-order valence-electron chi connectivity index (χ4n) is 1.29. The van der Waals surface area contributed by atoms with Gasteiger partial charge in [0.2, 0.25) is 5.89 Å². The molecule has 19 heavy (non-hydrogen) atoms. The van der Waals surface area contributed by atoms with Gasteiger partial charge in [-0.3, -0.25) is 0 Å². The van der Waals surface area contributed by atoms with Crippen LogP contribution in [0.3, 0.4) is 0 Å². The molecule has 1 aromatic heterocycles. The molecule has 0 saturated carbocycles. The molecule has 0 unspecified atom stereocenters. The van der Waals surface area contributed by atoms with Crippen molar-refractivity contribution >= 4 is 31.3 Å². The predicted octanol–water partition coefficient (Wildman–Crippen LogP) is 2.54. The van der Waals surface area contributed by atoms with Crippen molar-refractivity contribution in [3.05, 3.63) is 35.0 Å². The Hall–Kier alpha value is -1.31. The summed E-state index contributed by atoms with van der Waals surface area (Å²) in [5.41, 5.74) is 0. The quantitative estimate of drug-likeness (QED) is 0.804. The Morgan fingerprint density at radius 1 is 1.37 bits per heavy atom. The summed E-state index contributed by atoms with van der Waals surface area (Å²) in [4.78, 5) is -0.0971. The Balaban J connectivity index is 2.14. The molecule has 1 aromatic carbocycles. The first-order valence-electron chi connectivity index (χ1n) is 5.02. The fourth-order valence-corrected chi connectivity index (χ4v) is 2.36. The average molecular weight is 323 g/mol. The first kappa shape index (κ1) is 14.1. The number of rotatable bonds is 4. The van der Waals surface area contributed by atoms with Gasteiger partial charge in [0, 0.05) is 17.6 Å². The monoisotopic (exact) mass is 322 g/mol. The topological polar surface area (TPSA) is 82.3 Å². The molecule has 6 nitrogen and oxygen atoms in total. The van der Waals surface area contributed by atoms with Gasteiger partial charge in [0.25, 0.3) is 14.9 Å². The Kier molecular flexibility index (Phi) is 3.98. The Morgan fingerprint density at radius 2 is 2.11 bits per heavy atom. The molecule has 0 aliphatic rings. The lowest BCUT2D eigenvalue weighted by Gasteiger charge is -2.06. The number of aryl methyl sites for hydroxylation is 1. The molecule has 0 spiro atoms. The van der Waals surface area contributed by atoms with Crippen molar-refractivity contribution in [3.63, 3.8) is 0 Å². The second-order valence-corrected chi connectivity index (χ2v) is 6.51. The minimum Gasteiger partial charge on any atom is -0.482 e. The minimum absolute atomic E-state index is 0.0352. The summed E-state index contributed by atoms with van der Waals surface area (Å²) in [5, 5.41) is 7.51. The zero-order chi connectivity index (χ0) is 14.0. The molecule has 0 radical (unpaired) electrons. The van der Waals surface area contributed by atoms with E-state index in [1.54, 1.807) is 6.92 Å². The maximum Gasteiger partial charge on any atom is 0.261 e. The molecule has 0 amide bonds. The molecular weight excluding hydrogens is 315 g/mol. The second kappa shape index (κ2) is 5.36. The Morgan fingerprint density at radius 3 is 2.63 bits per heavy atom. The maximum atomic E-state index is 11.1. The van der Waals surface area contributed by atoms with E-state index in [-0.39, 0.29) is 16.5 Å². The standard InChI is InChI=1S/C10H8Cl2N2O4S/c1-6-13-14-10(18-6)5-17-9-3-2-7(4-8(9)11)19(12,15)16/h2-4H,5H2,1H3. The van der Waals surface area contributed by atoms with Crippen LogP contribution in [0.2, 0.25) is 5.02 Å². The molecule has 0 aliphatic carbocycles. The van der Waals surface area contributed by atoms with Crippen molar-refractivity contribution in [2.24, 2.45) is 0 Å². The number of nitrogens with zero attached hydrogens (tertiary/aromatic N) is 2. The smallest absolute Gasteiger partial charge is 0.261 e. The third-order valence-corrected chi connectivity index (χ3v) is 3.75. The molecule has 0 N–H and O–H groups in total. The van der Waals surface area contributed by atoms with Gasteiger partial charge in [0.1, 0.15) is 5.75 Å². The fraction of sp³-hybridized carbons (Fsp3) is 0.200. The molecule has 2 rings (SSSR count). The van der Waals surface area contributed by atoms with Crippen molar-refractivity contribution in [3.8, 4) is 5.75 Å². The molecule has 0 bridgehead atoms. The average Bonchev–Trinajstić information content (AvgIpc) is 2.72. The molecule has 0 fully saturated rings. The number of ether oxygens (including phenoxy) is 1. The highest BCUT2D eigenvalue weighted by atomic mass is 35.7. The zero-order valence-corrected chi connectivity index (χ0v) is 12.0. The van der Waals surface area contributed by atoms with Gasteiger partial charge in [-0.05, 0) is 18.2 Å². The lowest BCUT2D eigenvalue weighted by Crippen LogP contribution is -1.97. The van der Waals surface area contributed by atoms with Gasteiger partial charge in [-0.1, -0.05) is 11.6 Å². The number of halogens is 2. The second-order valence-electron chi connectivity index (χ2n) is 3.53. The van der Waals surface area contributed by atoms with Crippen LogP contribution in [0.4, 0.5) is 0 Å². The van der Waals surface area contributed by atoms with E-state index in [0.717, 1.165) is 0 Å². The van der Waals surface area contributed by atoms with Gasteiger partial charge in [-0.2, -0.15) is 0 Å². The van der Waals surface area contributed by atoms with Gasteiger partial charge in [0.15, 0.2) is 6.61 Å². The highest BCUT2D eigenvalue weighted by Crippen LogP contribution is 2.29. The first-order valence-corrected chi connectivity index (χ1v) is 7.71. The van der Waals surface area contributed by atoms with E-state index in [9.17, 15) is 8.42 Å². The van der Waals surface area contributed by atoms with Crippen molar-refractivity contribution < 1.29 is 17.6 Å². The summed E-state index contributed by atoms with van der Waals surface area (Å²) in [5.74, 6) is 1.01. The van der Waals surface area contributed by atoms with Crippen molar-refractivity contribution in [1.29, 1.82) is 0 Å². The maximum absolute atomic E-state index is 11.1. The van der Waals surface area contributed by atoms with E-state index in [0.29, 0.717) is 17.5 Å². The summed E-state index contributed by atoms with van der Waals surface area (Å²) in [6.45, 7) is 1.69. The molecule has 102 valence electrons. The van der Waals surface area contributed by atoms with E-state index in [4.69, 9.17) is 31.4 Å². The van der Waals surface area contributed by atoms with Crippen LogP contribution in [0.1, 0.15) is 11.8 Å². The number of benzene rings is 1. The van der Waals surface area contributed by atoms with Crippen molar-refractivity contribution in [2.75, 3.05) is 0 Å². The lowest BCUT2D eigenvalue weighted by atomic mass is 10.3. The summed E-state index contributed by atoms with van der Waals surface area (Å²) in [6, 6.07) is 3.90. The Bertz CT molecular complexity index is 699. The van der Waals surface area contributed by atoms with Crippen LogP contribution >= 0.6 is 22.3 Å². The van der Waals surface area contributed by atoms with Crippen LogP contribution < -0.4 is 4.74 Å². The van der Waals surface area contributed by atoms with E-state index in [1.807, 2.05) is 0 Å². The third kappa shape index (κ3) is 3.59. The number of hydrogen-bond acceptors (Lipinski definition) is 6. The lowest BCUT2D eigenvalue weighted by molar-refractivity contribution is 0.260. The highest BCUT2D eigenvalue weighted by molar-refractivity contribution is 8.13. The van der Waals surface area contributed by atoms with E-state index in [1.165, 1.54) is 18.2 Å². The third-order valence-electron chi connectivity index (χ3n) is 2.10. The van der Waals surface area contributed by atoms with Gasteiger partial charge in [-0.15, -0.1) is 10.2 Å². The summed E-state index contributed by atoms with van der Waals surface area (Å²) in [6.07, 6.45) is 0. The predicted molar refractivity (Wildman–Crippen MR) is 67.9 cm³/mol. The summed E-state index contributed by atoms with van der Waals surface area (Å²) < 4.78 is 32.7. The van der Waals surface area contributed by atoms with Crippen LogP contribution in [0.15, 0.2) is 27.5 Å². The molecule has 9 heteroatoms. The Labute approximate surface area is 118 Å². The van der Waals surface area contributed by atoms with Crippen LogP contribution in [0, 0.1) is 6.92 Å². The molecular formula is C10H8Cl2N2O4S. The first-order chi connectivity index (χ1) is 8.86. The van der Waals surface area contributed by atoms with Crippen molar-refractivity contribution in [1.82, 2.24) is 10.2 Å². The van der Waals surface area contributed by atoms with E-state index in [2.05, 4.69) is 10.2 Å². The zero-order valence-electron chi connectivity index (χ0n) is 9.63. The van der Waals surface area contributed by atoms with E-state index < -0.39 is 9.05 Å².